The molecule has 2 rings (SSSR count). The van der Waals surface area contributed by atoms with Gasteiger partial charge in [-0.3, -0.25) is 0 Å². The SMILES string of the molecule is CC(C)CCCn1cncc1C1CNC1. The van der Waals surface area contributed by atoms with Crippen LogP contribution in [0.4, 0.5) is 0 Å². The first-order chi connectivity index (χ1) is 7.27. The third-order valence-electron chi connectivity index (χ3n) is 3.12. The predicted octanol–water partition coefficient (Wildman–Crippen LogP) is 2.01. The van der Waals surface area contributed by atoms with Crippen LogP contribution in [0.25, 0.3) is 0 Å². The summed E-state index contributed by atoms with van der Waals surface area (Å²) in [7, 11) is 0. The van der Waals surface area contributed by atoms with E-state index in [1.165, 1.54) is 18.5 Å². The first kappa shape index (κ1) is 10.7. The van der Waals surface area contributed by atoms with E-state index in [2.05, 4.69) is 28.7 Å². The lowest BCUT2D eigenvalue weighted by Crippen LogP contribution is -2.40. The van der Waals surface area contributed by atoms with Gasteiger partial charge in [0, 0.05) is 37.4 Å². The number of hydrogen-bond donors (Lipinski definition) is 1. The molecule has 0 radical (unpaired) electrons. The van der Waals surface area contributed by atoms with E-state index in [0.717, 1.165) is 25.6 Å². The van der Waals surface area contributed by atoms with Gasteiger partial charge in [-0.2, -0.15) is 0 Å². The Labute approximate surface area is 91.9 Å². The quantitative estimate of drug-likeness (QED) is 0.800. The summed E-state index contributed by atoms with van der Waals surface area (Å²) in [6.07, 6.45) is 6.58. The van der Waals surface area contributed by atoms with Gasteiger partial charge in [0.25, 0.3) is 0 Å². The van der Waals surface area contributed by atoms with Crippen LogP contribution in [-0.2, 0) is 6.54 Å². The summed E-state index contributed by atoms with van der Waals surface area (Å²) in [5.74, 6) is 1.51. The van der Waals surface area contributed by atoms with E-state index in [0.29, 0.717) is 5.92 Å². The van der Waals surface area contributed by atoms with Gasteiger partial charge in [0.15, 0.2) is 0 Å². The minimum absolute atomic E-state index is 0.701. The van der Waals surface area contributed by atoms with Gasteiger partial charge in [-0.1, -0.05) is 13.8 Å². The Balaban J connectivity index is 1.87. The molecule has 1 aliphatic heterocycles. The van der Waals surface area contributed by atoms with E-state index < -0.39 is 0 Å². The summed E-state index contributed by atoms with van der Waals surface area (Å²) >= 11 is 0. The first-order valence-corrected chi connectivity index (χ1v) is 5.98. The topological polar surface area (TPSA) is 29.9 Å². The fourth-order valence-electron chi connectivity index (χ4n) is 2.03. The van der Waals surface area contributed by atoms with Crippen molar-refractivity contribution in [2.45, 2.75) is 39.2 Å². The van der Waals surface area contributed by atoms with Crippen molar-refractivity contribution in [3.63, 3.8) is 0 Å². The van der Waals surface area contributed by atoms with Gasteiger partial charge in [0.1, 0.15) is 0 Å². The summed E-state index contributed by atoms with van der Waals surface area (Å²) in [5, 5.41) is 3.31. The van der Waals surface area contributed by atoms with Crippen LogP contribution in [0.5, 0.6) is 0 Å². The zero-order chi connectivity index (χ0) is 10.7. The normalized spacial score (nSPS) is 17.0. The van der Waals surface area contributed by atoms with Gasteiger partial charge in [-0.15, -0.1) is 0 Å². The Morgan fingerprint density at radius 2 is 2.33 bits per heavy atom. The monoisotopic (exact) mass is 207 g/mol. The second kappa shape index (κ2) is 4.79. The van der Waals surface area contributed by atoms with Gasteiger partial charge < -0.3 is 9.88 Å². The summed E-state index contributed by atoms with van der Waals surface area (Å²) in [6.45, 7) is 7.94. The van der Waals surface area contributed by atoms with Crippen LogP contribution < -0.4 is 5.32 Å². The molecule has 0 unspecified atom stereocenters. The second-order valence-electron chi connectivity index (χ2n) is 4.90. The molecule has 1 saturated heterocycles. The Hall–Kier alpha value is -0.830. The largest absolute Gasteiger partial charge is 0.334 e. The molecule has 3 nitrogen and oxygen atoms in total. The van der Waals surface area contributed by atoms with Crippen molar-refractivity contribution in [3.05, 3.63) is 18.2 Å². The highest BCUT2D eigenvalue weighted by Crippen LogP contribution is 2.19. The Morgan fingerprint density at radius 3 is 2.93 bits per heavy atom. The highest BCUT2D eigenvalue weighted by Gasteiger charge is 2.21. The number of aryl methyl sites for hydroxylation is 1. The Bertz CT molecular complexity index is 300. The van der Waals surface area contributed by atoms with E-state index in [-0.39, 0.29) is 0 Å². The fourth-order valence-corrected chi connectivity index (χ4v) is 2.03. The molecule has 0 spiro atoms. The van der Waals surface area contributed by atoms with Crippen LogP contribution in [0.3, 0.4) is 0 Å². The highest BCUT2D eigenvalue weighted by molar-refractivity contribution is 5.11. The summed E-state index contributed by atoms with van der Waals surface area (Å²) in [6, 6.07) is 0. The number of rotatable bonds is 5. The van der Waals surface area contributed by atoms with Crippen molar-refractivity contribution >= 4 is 0 Å². The molecule has 15 heavy (non-hydrogen) atoms. The smallest absolute Gasteiger partial charge is 0.0948 e. The lowest BCUT2D eigenvalue weighted by atomic mass is 10.00. The number of hydrogen-bond acceptors (Lipinski definition) is 2. The van der Waals surface area contributed by atoms with Gasteiger partial charge >= 0.3 is 0 Å². The molecule has 1 N–H and O–H groups in total. The molecule has 1 fully saturated rings. The van der Waals surface area contributed by atoms with E-state index in [1.54, 1.807) is 0 Å². The van der Waals surface area contributed by atoms with E-state index in [1.807, 2.05) is 12.5 Å². The maximum atomic E-state index is 4.26. The fraction of sp³-hybridized carbons (Fsp3) is 0.750. The average molecular weight is 207 g/mol. The number of nitrogens with zero attached hydrogens (tertiary/aromatic N) is 2. The molecule has 0 bridgehead atoms. The molecular formula is C12H21N3. The molecule has 84 valence electrons. The molecule has 1 aliphatic rings. The third-order valence-corrected chi connectivity index (χ3v) is 3.12. The Morgan fingerprint density at radius 1 is 1.53 bits per heavy atom. The van der Waals surface area contributed by atoms with Gasteiger partial charge in [0.05, 0.1) is 6.33 Å². The molecular weight excluding hydrogens is 186 g/mol. The van der Waals surface area contributed by atoms with Gasteiger partial charge in [-0.25, -0.2) is 4.98 Å². The molecule has 2 heterocycles. The van der Waals surface area contributed by atoms with Crippen LogP contribution in [-0.4, -0.2) is 22.6 Å². The van der Waals surface area contributed by atoms with Crippen LogP contribution in [0.15, 0.2) is 12.5 Å². The van der Waals surface area contributed by atoms with E-state index >= 15 is 0 Å². The minimum Gasteiger partial charge on any atom is -0.334 e. The average Bonchev–Trinajstić information content (AvgIpc) is 2.50. The predicted molar refractivity (Wildman–Crippen MR) is 61.9 cm³/mol. The summed E-state index contributed by atoms with van der Waals surface area (Å²) < 4.78 is 2.33. The molecule has 0 amide bonds. The van der Waals surface area contributed by atoms with Gasteiger partial charge in [-0.05, 0) is 18.8 Å². The van der Waals surface area contributed by atoms with Crippen LogP contribution in [0.2, 0.25) is 0 Å². The molecule has 1 aromatic heterocycles. The van der Waals surface area contributed by atoms with Crippen molar-refractivity contribution in [2.75, 3.05) is 13.1 Å². The standard InChI is InChI=1S/C12H21N3/c1-10(2)4-3-5-15-9-14-8-12(15)11-6-13-7-11/h8-11,13H,3-7H2,1-2H3. The van der Waals surface area contributed by atoms with Crippen molar-refractivity contribution in [1.82, 2.24) is 14.9 Å². The number of aromatic nitrogens is 2. The molecule has 0 aromatic carbocycles. The van der Waals surface area contributed by atoms with Crippen LogP contribution >= 0.6 is 0 Å². The van der Waals surface area contributed by atoms with Crippen molar-refractivity contribution in [2.24, 2.45) is 5.92 Å². The van der Waals surface area contributed by atoms with E-state index in [4.69, 9.17) is 0 Å². The second-order valence-corrected chi connectivity index (χ2v) is 4.90. The summed E-state index contributed by atoms with van der Waals surface area (Å²) in [5.41, 5.74) is 1.41. The molecule has 0 saturated carbocycles. The summed E-state index contributed by atoms with van der Waals surface area (Å²) in [4.78, 5) is 4.26. The maximum absolute atomic E-state index is 4.26. The third kappa shape index (κ3) is 2.59. The first-order valence-electron chi connectivity index (χ1n) is 5.98. The van der Waals surface area contributed by atoms with E-state index in [9.17, 15) is 0 Å². The molecule has 3 heteroatoms. The zero-order valence-corrected chi connectivity index (χ0v) is 9.74. The van der Waals surface area contributed by atoms with Crippen molar-refractivity contribution in [1.29, 1.82) is 0 Å². The highest BCUT2D eigenvalue weighted by atomic mass is 15.1. The van der Waals surface area contributed by atoms with Crippen molar-refractivity contribution < 1.29 is 0 Å². The molecule has 0 atom stereocenters. The molecule has 0 aliphatic carbocycles. The lowest BCUT2D eigenvalue weighted by Gasteiger charge is -2.27. The molecule has 1 aromatic rings. The maximum Gasteiger partial charge on any atom is 0.0948 e. The lowest BCUT2D eigenvalue weighted by molar-refractivity contribution is 0.416. The van der Waals surface area contributed by atoms with Crippen molar-refractivity contribution in [3.8, 4) is 0 Å². The van der Waals surface area contributed by atoms with Gasteiger partial charge in [0.2, 0.25) is 0 Å². The van der Waals surface area contributed by atoms with Crippen LogP contribution in [0.1, 0.15) is 38.3 Å². The minimum atomic E-state index is 0.701. The number of nitrogens with one attached hydrogen (secondary N) is 1. The number of imidazole rings is 1. The zero-order valence-electron chi connectivity index (χ0n) is 9.74. The van der Waals surface area contributed by atoms with Crippen LogP contribution in [0, 0.1) is 5.92 Å². The Kier molecular flexibility index (Phi) is 3.41.